The van der Waals surface area contributed by atoms with Crippen LogP contribution >= 0.6 is 43.2 Å². The number of thiophene rings is 1. The highest BCUT2D eigenvalue weighted by atomic mass is 79.9. The maximum Gasteiger partial charge on any atom is 0.0514 e. The smallest absolute Gasteiger partial charge is 0.0514 e. The molecule has 4 heteroatoms. The Morgan fingerprint density at radius 2 is 2.15 bits per heavy atom. The molecular weight excluding hydrogens is 314 g/mol. The predicted octanol–water partition coefficient (Wildman–Crippen LogP) is 4.14. The fourth-order valence-electron chi connectivity index (χ4n) is 1.26. The van der Waals surface area contributed by atoms with E-state index in [1.54, 1.807) is 11.3 Å². The first kappa shape index (κ1) is 9.49. The van der Waals surface area contributed by atoms with E-state index in [-0.39, 0.29) is 0 Å². The summed E-state index contributed by atoms with van der Waals surface area (Å²) in [5.74, 6) is 0. The molecule has 0 unspecified atom stereocenters. The molecule has 1 heterocycles. The largest absolute Gasteiger partial charge is 0.398 e. The number of rotatable bonds is 1. The maximum atomic E-state index is 5.87. The van der Waals surface area contributed by atoms with E-state index in [1.165, 1.54) is 10.3 Å². The summed E-state index contributed by atoms with van der Waals surface area (Å²) in [7, 11) is 0. The molecule has 0 spiro atoms. The molecule has 0 atom stereocenters. The number of alkyl halides is 1. The molecule has 1 aromatic carbocycles. The number of hydrogen-bond acceptors (Lipinski definition) is 2. The van der Waals surface area contributed by atoms with E-state index >= 15 is 0 Å². The minimum atomic E-state index is 0.846. The van der Waals surface area contributed by atoms with Crippen molar-refractivity contribution in [3.63, 3.8) is 0 Å². The summed E-state index contributed by atoms with van der Waals surface area (Å²) in [6.07, 6.45) is 0. The van der Waals surface area contributed by atoms with Gasteiger partial charge >= 0.3 is 0 Å². The van der Waals surface area contributed by atoms with Crippen LogP contribution in [0.1, 0.15) is 5.56 Å². The molecule has 0 aliphatic carbocycles. The van der Waals surface area contributed by atoms with Crippen molar-refractivity contribution in [1.82, 2.24) is 0 Å². The highest BCUT2D eigenvalue weighted by Gasteiger charge is 2.08. The van der Waals surface area contributed by atoms with E-state index in [0.717, 1.165) is 20.9 Å². The lowest BCUT2D eigenvalue weighted by Gasteiger charge is -2.02. The molecule has 0 fully saturated rings. The Bertz CT molecular complexity index is 450. The zero-order chi connectivity index (χ0) is 9.42. The molecule has 2 N–H and O–H groups in total. The van der Waals surface area contributed by atoms with Gasteiger partial charge in [0.1, 0.15) is 0 Å². The van der Waals surface area contributed by atoms with Crippen molar-refractivity contribution in [1.29, 1.82) is 0 Å². The Kier molecular flexibility index (Phi) is 2.62. The van der Waals surface area contributed by atoms with Crippen LogP contribution in [-0.2, 0) is 5.33 Å². The van der Waals surface area contributed by atoms with Crippen molar-refractivity contribution >= 4 is 59.0 Å². The normalized spacial score (nSPS) is 10.9. The van der Waals surface area contributed by atoms with Crippen LogP contribution in [0.3, 0.4) is 0 Å². The maximum absolute atomic E-state index is 5.87. The van der Waals surface area contributed by atoms with Crippen LogP contribution in [0, 0.1) is 0 Å². The summed E-state index contributed by atoms with van der Waals surface area (Å²) in [6, 6.07) is 4.22. The number of anilines is 1. The van der Waals surface area contributed by atoms with Gasteiger partial charge in [0.05, 0.1) is 5.69 Å². The molecule has 0 amide bonds. The predicted molar refractivity (Wildman–Crippen MR) is 66.6 cm³/mol. The zero-order valence-electron chi connectivity index (χ0n) is 6.68. The lowest BCUT2D eigenvalue weighted by Crippen LogP contribution is -1.85. The van der Waals surface area contributed by atoms with E-state index < -0.39 is 0 Å². The molecular formula is C9H7Br2NS. The van der Waals surface area contributed by atoms with Crippen LogP contribution in [0.2, 0.25) is 0 Å². The number of nitrogen functional groups attached to an aromatic ring is 1. The monoisotopic (exact) mass is 319 g/mol. The second kappa shape index (κ2) is 3.59. The highest BCUT2D eigenvalue weighted by Crippen LogP contribution is 2.36. The van der Waals surface area contributed by atoms with Crippen LogP contribution < -0.4 is 5.73 Å². The second-order valence-corrected chi connectivity index (χ2v) is 5.00. The molecule has 0 aliphatic rings. The molecule has 13 heavy (non-hydrogen) atoms. The first-order valence-electron chi connectivity index (χ1n) is 3.74. The highest BCUT2D eigenvalue weighted by molar-refractivity contribution is 9.11. The Hall–Kier alpha value is -0.0600. The number of benzene rings is 1. The Morgan fingerprint density at radius 3 is 2.85 bits per heavy atom. The van der Waals surface area contributed by atoms with Gasteiger partial charge in [0, 0.05) is 25.3 Å². The number of fused-ring (bicyclic) bond motifs is 1. The van der Waals surface area contributed by atoms with Crippen molar-refractivity contribution in [2.45, 2.75) is 5.33 Å². The number of nitrogens with two attached hydrogens (primary N) is 1. The van der Waals surface area contributed by atoms with Gasteiger partial charge in [0.2, 0.25) is 0 Å². The number of hydrogen-bond donors (Lipinski definition) is 1. The van der Waals surface area contributed by atoms with Crippen molar-refractivity contribution in [2.24, 2.45) is 0 Å². The topological polar surface area (TPSA) is 26.0 Å². The van der Waals surface area contributed by atoms with Crippen LogP contribution in [0.25, 0.3) is 10.1 Å². The minimum absolute atomic E-state index is 0.846. The van der Waals surface area contributed by atoms with Crippen LogP contribution in [0.4, 0.5) is 5.69 Å². The molecule has 0 radical (unpaired) electrons. The molecule has 0 bridgehead atoms. The van der Waals surface area contributed by atoms with E-state index in [2.05, 4.69) is 44.0 Å². The molecule has 2 rings (SSSR count). The summed E-state index contributed by atoms with van der Waals surface area (Å²) in [6.45, 7) is 0. The Labute approximate surface area is 97.2 Å². The third-order valence-corrected chi connectivity index (χ3v) is 4.41. The van der Waals surface area contributed by atoms with Gasteiger partial charge in [-0.15, -0.1) is 11.3 Å². The Balaban J connectivity index is 2.83. The van der Waals surface area contributed by atoms with Crippen LogP contribution in [0.5, 0.6) is 0 Å². The van der Waals surface area contributed by atoms with Gasteiger partial charge in [0.25, 0.3) is 0 Å². The van der Waals surface area contributed by atoms with Gasteiger partial charge in [-0.1, -0.05) is 22.0 Å². The summed E-state index contributed by atoms with van der Waals surface area (Å²) in [5.41, 5.74) is 7.96. The molecule has 2 aromatic rings. The average Bonchev–Trinajstić information content (AvgIpc) is 2.49. The van der Waals surface area contributed by atoms with Crippen molar-refractivity contribution in [3.8, 4) is 0 Å². The fourth-order valence-corrected chi connectivity index (χ4v) is 3.80. The van der Waals surface area contributed by atoms with Gasteiger partial charge < -0.3 is 5.73 Å². The summed E-state index contributed by atoms with van der Waals surface area (Å²) in [4.78, 5) is 0. The van der Waals surface area contributed by atoms with E-state index in [9.17, 15) is 0 Å². The molecule has 0 saturated heterocycles. The second-order valence-electron chi connectivity index (χ2n) is 2.74. The van der Waals surface area contributed by atoms with Crippen molar-refractivity contribution < 1.29 is 0 Å². The zero-order valence-corrected chi connectivity index (χ0v) is 10.7. The van der Waals surface area contributed by atoms with Gasteiger partial charge in [-0.3, -0.25) is 0 Å². The van der Waals surface area contributed by atoms with Gasteiger partial charge in [-0.05, 0) is 27.6 Å². The lowest BCUT2D eigenvalue weighted by molar-refractivity contribution is 1.44. The first-order chi connectivity index (χ1) is 6.24. The number of halogens is 2. The van der Waals surface area contributed by atoms with Crippen molar-refractivity contribution in [3.05, 3.63) is 27.5 Å². The molecule has 0 saturated carbocycles. The third kappa shape index (κ3) is 1.51. The lowest BCUT2D eigenvalue weighted by atomic mass is 10.2. The Morgan fingerprint density at radius 1 is 1.38 bits per heavy atom. The van der Waals surface area contributed by atoms with E-state index in [4.69, 9.17) is 5.73 Å². The van der Waals surface area contributed by atoms with Crippen LogP contribution in [-0.4, -0.2) is 0 Å². The van der Waals surface area contributed by atoms with E-state index in [0.29, 0.717) is 0 Å². The minimum Gasteiger partial charge on any atom is -0.398 e. The van der Waals surface area contributed by atoms with Gasteiger partial charge in [0.15, 0.2) is 0 Å². The molecule has 0 aliphatic heterocycles. The average molecular weight is 321 g/mol. The standard InChI is InChI=1S/C9H7Br2NS/c10-3-5-1-2-7-8(9(5)11)6(12)4-13-7/h1-2,4H,3,12H2. The van der Waals surface area contributed by atoms with Crippen LogP contribution in [0.15, 0.2) is 22.0 Å². The van der Waals surface area contributed by atoms with Crippen molar-refractivity contribution in [2.75, 3.05) is 5.73 Å². The van der Waals surface area contributed by atoms with Gasteiger partial charge in [-0.25, -0.2) is 0 Å². The quantitative estimate of drug-likeness (QED) is 0.785. The summed E-state index contributed by atoms with van der Waals surface area (Å²) < 4.78 is 2.34. The summed E-state index contributed by atoms with van der Waals surface area (Å²) >= 11 is 8.69. The third-order valence-electron chi connectivity index (χ3n) is 1.93. The fraction of sp³-hybridized carbons (Fsp3) is 0.111. The first-order valence-corrected chi connectivity index (χ1v) is 6.53. The van der Waals surface area contributed by atoms with Gasteiger partial charge in [-0.2, -0.15) is 0 Å². The van der Waals surface area contributed by atoms with E-state index in [1.807, 2.05) is 5.38 Å². The molecule has 1 aromatic heterocycles. The molecule has 68 valence electrons. The summed E-state index contributed by atoms with van der Waals surface area (Å²) in [5, 5.41) is 3.97. The molecule has 1 nitrogen and oxygen atoms in total. The SMILES string of the molecule is Nc1csc2ccc(CBr)c(Br)c12.